The Morgan fingerprint density at radius 3 is 1.77 bits per heavy atom. The SMILES string of the molecule is CCCCCC[n+]1ccc(N(C)C)c(C)c1.O=S(=O)([N-]S(=O)(=O)C(F)(F)F)C(F)(F)F. The minimum Gasteiger partial charge on any atom is -0.421 e. The van der Waals surface area contributed by atoms with Gasteiger partial charge in [0.15, 0.2) is 32.4 Å². The number of rotatable bonds is 8. The summed E-state index contributed by atoms with van der Waals surface area (Å²) < 4.78 is 111. The summed E-state index contributed by atoms with van der Waals surface area (Å²) in [7, 11) is -9.26. The molecule has 182 valence electrons. The van der Waals surface area contributed by atoms with Gasteiger partial charge in [-0.3, -0.25) is 0 Å². The third-order valence-electron chi connectivity index (χ3n) is 3.72. The Kier molecular flexibility index (Phi) is 10.7. The third kappa shape index (κ3) is 9.60. The van der Waals surface area contributed by atoms with Gasteiger partial charge >= 0.3 is 11.0 Å². The number of aryl methyl sites for hydroxylation is 2. The summed E-state index contributed by atoms with van der Waals surface area (Å²) in [5, 5.41) is 0. The monoisotopic (exact) mass is 501 g/mol. The van der Waals surface area contributed by atoms with E-state index in [-0.39, 0.29) is 0 Å². The second kappa shape index (κ2) is 11.3. The first-order valence-electron chi connectivity index (χ1n) is 8.89. The molecule has 0 aromatic carbocycles. The van der Waals surface area contributed by atoms with Gasteiger partial charge in [-0.15, -0.1) is 0 Å². The summed E-state index contributed by atoms with van der Waals surface area (Å²) in [6, 6.07) is 2.20. The molecule has 0 bridgehead atoms. The first-order valence-corrected chi connectivity index (χ1v) is 11.8. The second-order valence-electron chi connectivity index (χ2n) is 6.62. The topological polar surface area (TPSA) is 89.5 Å². The molecule has 1 rings (SSSR count). The lowest BCUT2D eigenvalue weighted by Gasteiger charge is -2.22. The van der Waals surface area contributed by atoms with Crippen molar-refractivity contribution in [2.24, 2.45) is 0 Å². The Bertz CT molecular complexity index is 872. The highest BCUT2D eigenvalue weighted by Crippen LogP contribution is 2.36. The summed E-state index contributed by atoms with van der Waals surface area (Å²) in [4.78, 5) is 2.16. The number of hydrogen-bond donors (Lipinski definition) is 0. The number of nitrogens with zero attached hydrogens (tertiary/aromatic N) is 3. The van der Waals surface area contributed by atoms with Crippen LogP contribution < -0.4 is 9.47 Å². The molecule has 0 aliphatic rings. The number of pyridine rings is 1. The lowest BCUT2D eigenvalue weighted by Crippen LogP contribution is -2.33. The van der Waals surface area contributed by atoms with Crippen molar-refractivity contribution in [3.05, 3.63) is 28.2 Å². The molecule has 1 heterocycles. The van der Waals surface area contributed by atoms with Crippen LogP contribution in [0.1, 0.15) is 38.2 Å². The molecule has 0 aliphatic heterocycles. The van der Waals surface area contributed by atoms with Crippen LogP contribution in [0.15, 0.2) is 18.5 Å². The van der Waals surface area contributed by atoms with Crippen LogP contribution in [-0.2, 0) is 26.6 Å². The van der Waals surface area contributed by atoms with Gasteiger partial charge in [0.2, 0.25) is 0 Å². The van der Waals surface area contributed by atoms with Gasteiger partial charge in [-0.2, -0.15) is 26.3 Å². The van der Waals surface area contributed by atoms with Crippen molar-refractivity contribution in [1.29, 1.82) is 0 Å². The highest BCUT2D eigenvalue weighted by atomic mass is 32.3. The number of alkyl halides is 6. The zero-order valence-corrected chi connectivity index (χ0v) is 19.0. The summed E-state index contributed by atoms with van der Waals surface area (Å²) in [5.74, 6) is 0. The minimum atomic E-state index is -6.72. The van der Waals surface area contributed by atoms with Crippen LogP contribution >= 0.6 is 0 Å². The molecule has 7 nitrogen and oxygen atoms in total. The maximum absolute atomic E-state index is 11.4. The largest absolute Gasteiger partial charge is 0.480 e. The molecular formula is C16H25F6N3O4S2. The van der Waals surface area contributed by atoms with Crippen LogP contribution in [0.5, 0.6) is 0 Å². The molecule has 0 amide bonds. The summed E-state index contributed by atoms with van der Waals surface area (Å²) in [6.45, 7) is 5.58. The molecular weight excluding hydrogens is 476 g/mol. The number of unbranched alkanes of at least 4 members (excludes halogenated alkanes) is 3. The number of aromatic nitrogens is 1. The van der Waals surface area contributed by atoms with Gasteiger partial charge in [0, 0.05) is 32.1 Å². The first kappa shape index (κ1) is 29.4. The molecule has 0 saturated carbocycles. The summed E-state index contributed by atoms with van der Waals surface area (Å²) in [5.41, 5.74) is -9.75. The van der Waals surface area contributed by atoms with Crippen LogP contribution in [0.25, 0.3) is 4.13 Å². The number of hydrogen-bond acceptors (Lipinski definition) is 5. The van der Waals surface area contributed by atoms with E-state index in [2.05, 4.69) is 55.9 Å². The van der Waals surface area contributed by atoms with E-state index in [1.165, 1.54) is 36.9 Å². The number of halogens is 6. The molecule has 15 heteroatoms. The zero-order valence-electron chi connectivity index (χ0n) is 17.3. The van der Waals surface area contributed by atoms with E-state index in [9.17, 15) is 43.2 Å². The van der Waals surface area contributed by atoms with Gasteiger partial charge in [-0.05, 0) is 13.3 Å². The molecule has 0 radical (unpaired) electrons. The van der Waals surface area contributed by atoms with Crippen LogP contribution in [-0.4, -0.2) is 41.9 Å². The van der Waals surface area contributed by atoms with Crippen molar-refractivity contribution in [2.75, 3.05) is 19.0 Å². The van der Waals surface area contributed by atoms with E-state index in [1.807, 2.05) is 0 Å². The zero-order chi connectivity index (χ0) is 24.7. The highest BCUT2D eigenvalue weighted by molar-refractivity contribution is 8.13. The minimum absolute atomic E-state index is 0.778. The maximum atomic E-state index is 11.4. The smallest absolute Gasteiger partial charge is 0.421 e. The summed E-state index contributed by atoms with van der Waals surface area (Å²) >= 11 is 0. The molecule has 0 N–H and O–H groups in total. The van der Waals surface area contributed by atoms with E-state index in [0.717, 1.165) is 10.7 Å². The predicted molar refractivity (Wildman–Crippen MR) is 103 cm³/mol. The summed E-state index contributed by atoms with van der Waals surface area (Å²) in [6.07, 6.45) is 9.74. The first-order chi connectivity index (χ1) is 13.9. The van der Waals surface area contributed by atoms with Crippen molar-refractivity contribution < 1.29 is 47.7 Å². The fraction of sp³-hybridized carbons (Fsp3) is 0.688. The number of sulfonamides is 2. The predicted octanol–water partition coefficient (Wildman–Crippen LogP) is 3.99. The molecule has 1 aromatic rings. The van der Waals surface area contributed by atoms with E-state index < -0.39 is 31.1 Å². The van der Waals surface area contributed by atoms with Gasteiger partial charge in [-0.1, -0.05) is 19.8 Å². The molecule has 0 saturated heterocycles. The third-order valence-corrected chi connectivity index (χ3v) is 6.46. The van der Waals surface area contributed by atoms with Crippen LogP contribution in [0.2, 0.25) is 0 Å². The normalized spacial score (nSPS) is 12.8. The Morgan fingerprint density at radius 2 is 1.42 bits per heavy atom. The van der Waals surface area contributed by atoms with E-state index in [0.29, 0.717) is 0 Å². The Morgan fingerprint density at radius 1 is 0.935 bits per heavy atom. The van der Waals surface area contributed by atoms with Crippen LogP contribution in [0, 0.1) is 6.92 Å². The highest BCUT2D eigenvalue weighted by Gasteiger charge is 2.46. The standard InChI is InChI=1S/C14H25N2.C2F6NO4S2/c1-5-6-7-8-10-16-11-9-14(15(3)4)13(2)12-16;3-1(4,5)14(10,11)9-15(12,13)2(6,7)8/h9,11-12H,5-8,10H2,1-4H3;/q+1;-1. The van der Waals surface area contributed by atoms with Crippen LogP contribution in [0.3, 0.4) is 0 Å². The quantitative estimate of drug-likeness (QED) is 0.305. The average Bonchev–Trinajstić information content (AvgIpc) is 2.56. The molecule has 1 aromatic heterocycles. The fourth-order valence-electron chi connectivity index (χ4n) is 2.23. The van der Waals surface area contributed by atoms with Crippen molar-refractivity contribution in [3.8, 4) is 0 Å². The Hall–Kier alpha value is -1.61. The van der Waals surface area contributed by atoms with E-state index in [1.54, 1.807) is 0 Å². The lowest BCUT2D eigenvalue weighted by molar-refractivity contribution is -0.697. The van der Waals surface area contributed by atoms with Crippen molar-refractivity contribution >= 4 is 25.7 Å². The second-order valence-corrected chi connectivity index (χ2v) is 10.0. The molecule has 0 atom stereocenters. The van der Waals surface area contributed by atoms with Gasteiger partial charge < -0.3 is 9.03 Å². The maximum Gasteiger partial charge on any atom is 0.480 e. The molecule has 31 heavy (non-hydrogen) atoms. The Balaban J connectivity index is 0.000000582. The molecule has 0 unspecified atom stereocenters. The van der Waals surface area contributed by atoms with Gasteiger partial charge in [-0.25, -0.2) is 21.4 Å². The van der Waals surface area contributed by atoms with Gasteiger partial charge in [0.1, 0.15) is 6.54 Å². The van der Waals surface area contributed by atoms with Crippen LogP contribution in [0.4, 0.5) is 32.0 Å². The molecule has 0 fully saturated rings. The molecule has 0 aliphatic carbocycles. The van der Waals surface area contributed by atoms with Gasteiger partial charge in [0.05, 0.1) is 5.69 Å². The lowest BCUT2D eigenvalue weighted by atomic mass is 10.2. The average molecular weight is 502 g/mol. The molecule has 0 spiro atoms. The van der Waals surface area contributed by atoms with Crippen molar-refractivity contribution in [1.82, 2.24) is 0 Å². The van der Waals surface area contributed by atoms with Crippen molar-refractivity contribution in [2.45, 2.75) is 57.1 Å². The van der Waals surface area contributed by atoms with Gasteiger partial charge in [0.25, 0.3) is 0 Å². The Labute approximate surface area is 178 Å². The van der Waals surface area contributed by atoms with E-state index in [4.69, 9.17) is 0 Å². The number of anilines is 1. The fourth-order valence-corrected chi connectivity index (χ4v) is 3.94. The van der Waals surface area contributed by atoms with E-state index >= 15 is 0 Å². The van der Waals surface area contributed by atoms with Crippen molar-refractivity contribution in [3.63, 3.8) is 0 Å².